The minimum absolute atomic E-state index is 0.157. The van der Waals surface area contributed by atoms with Crippen molar-refractivity contribution in [1.82, 2.24) is 25.1 Å². The maximum absolute atomic E-state index is 12.2. The smallest absolute Gasteiger partial charge is 0.319 e. The van der Waals surface area contributed by atoms with Crippen LogP contribution in [0.5, 0.6) is 0 Å². The number of nitrogens with zero attached hydrogens (tertiary/aromatic N) is 4. The molecule has 3 heterocycles. The van der Waals surface area contributed by atoms with Crippen LogP contribution in [0.2, 0.25) is 0 Å². The highest BCUT2D eigenvalue weighted by Crippen LogP contribution is 2.19. The van der Waals surface area contributed by atoms with Gasteiger partial charge in [0.15, 0.2) is 5.65 Å². The number of thiazole rings is 1. The summed E-state index contributed by atoms with van der Waals surface area (Å²) in [5.41, 5.74) is 2.30. The van der Waals surface area contributed by atoms with Crippen LogP contribution in [0, 0.1) is 6.92 Å². The lowest BCUT2D eigenvalue weighted by molar-refractivity contribution is 0.249. The van der Waals surface area contributed by atoms with Crippen molar-refractivity contribution in [2.75, 3.05) is 5.32 Å². The maximum atomic E-state index is 12.2. The van der Waals surface area contributed by atoms with Gasteiger partial charge in [-0.3, -0.25) is 0 Å². The van der Waals surface area contributed by atoms with Gasteiger partial charge in [0, 0.05) is 16.8 Å². The van der Waals surface area contributed by atoms with E-state index in [1.54, 1.807) is 23.7 Å². The third kappa shape index (κ3) is 3.38. The fourth-order valence-corrected chi connectivity index (χ4v) is 3.11. The molecule has 8 heteroatoms. The van der Waals surface area contributed by atoms with Crippen molar-refractivity contribution in [2.45, 2.75) is 39.8 Å². The average molecular weight is 344 g/mol. The van der Waals surface area contributed by atoms with Gasteiger partial charge in [-0.15, -0.1) is 11.3 Å². The van der Waals surface area contributed by atoms with Gasteiger partial charge >= 0.3 is 6.03 Å². The highest BCUT2D eigenvalue weighted by molar-refractivity contribution is 7.09. The second-order valence-electron chi connectivity index (χ2n) is 5.93. The molecule has 0 saturated heterocycles. The van der Waals surface area contributed by atoms with Gasteiger partial charge in [0.2, 0.25) is 0 Å². The molecule has 0 spiro atoms. The molecule has 3 rings (SSSR count). The highest BCUT2D eigenvalue weighted by Gasteiger charge is 2.13. The first-order valence-corrected chi connectivity index (χ1v) is 8.65. The Labute approximate surface area is 144 Å². The van der Waals surface area contributed by atoms with Crippen molar-refractivity contribution < 1.29 is 4.79 Å². The van der Waals surface area contributed by atoms with E-state index in [2.05, 4.69) is 39.5 Å². The number of aromatic nitrogens is 4. The molecular weight excluding hydrogens is 324 g/mol. The van der Waals surface area contributed by atoms with Gasteiger partial charge in [-0.05, 0) is 33.8 Å². The molecule has 3 aromatic heterocycles. The summed E-state index contributed by atoms with van der Waals surface area (Å²) in [5.74, 6) is 0. The summed E-state index contributed by atoms with van der Waals surface area (Å²) in [5, 5.41) is 13.8. The van der Waals surface area contributed by atoms with Crippen LogP contribution >= 0.6 is 11.3 Å². The first-order valence-electron chi connectivity index (χ1n) is 7.77. The van der Waals surface area contributed by atoms with E-state index in [0.717, 1.165) is 21.7 Å². The number of hydrogen-bond donors (Lipinski definition) is 2. The zero-order valence-corrected chi connectivity index (χ0v) is 14.9. The van der Waals surface area contributed by atoms with Crippen LogP contribution in [0.1, 0.15) is 43.6 Å². The maximum Gasteiger partial charge on any atom is 0.319 e. The van der Waals surface area contributed by atoms with E-state index in [1.165, 1.54) is 0 Å². The molecule has 0 unspecified atom stereocenters. The second kappa shape index (κ2) is 6.56. The Morgan fingerprint density at radius 1 is 1.29 bits per heavy atom. The molecule has 0 aliphatic carbocycles. The number of urea groups is 1. The summed E-state index contributed by atoms with van der Waals surface area (Å²) >= 11 is 1.57. The fraction of sp³-hybridized carbons (Fsp3) is 0.375. The second-order valence-corrected chi connectivity index (χ2v) is 6.99. The van der Waals surface area contributed by atoms with Crippen molar-refractivity contribution in [2.24, 2.45) is 0 Å². The number of aryl methyl sites for hydroxylation is 1. The Morgan fingerprint density at radius 3 is 2.75 bits per heavy atom. The predicted octanol–water partition coefficient (Wildman–Crippen LogP) is 3.66. The molecule has 0 radical (unpaired) electrons. The molecule has 24 heavy (non-hydrogen) atoms. The minimum Gasteiger partial charge on any atom is -0.330 e. The molecule has 7 nitrogen and oxygen atoms in total. The van der Waals surface area contributed by atoms with Crippen molar-refractivity contribution >= 4 is 34.1 Å². The van der Waals surface area contributed by atoms with Gasteiger partial charge in [0.05, 0.1) is 34.8 Å². The Hall–Kier alpha value is -2.48. The van der Waals surface area contributed by atoms with Crippen LogP contribution in [-0.2, 0) is 0 Å². The SMILES string of the molecule is Cc1nc([C@H](C)NC(=O)Nc2cnc3c(cnn3C(C)C)c2)cs1. The molecule has 0 aliphatic heterocycles. The first kappa shape index (κ1) is 16.4. The summed E-state index contributed by atoms with van der Waals surface area (Å²) in [6.07, 6.45) is 3.40. The number of rotatable bonds is 4. The quantitative estimate of drug-likeness (QED) is 0.756. The standard InChI is InChI=1S/C16H20N6OS/c1-9(2)22-15-12(6-18-22)5-13(7-17-15)21-16(23)19-10(3)14-8-24-11(4)20-14/h5-10H,1-4H3,(H2,19,21,23)/t10-/m0/s1. The summed E-state index contributed by atoms with van der Waals surface area (Å²) in [6, 6.07) is 1.66. The molecule has 1 atom stereocenters. The number of pyridine rings is 1. The topological polar surface area (TPSA) is 84.7 Å². The number of fused-ring (bicyclic) bond motifs is 1. The van der Waals surface area contributed by atoms with Gasteiger partial charge in [-0.2, -0.15) is 5.10 Å². The lowest BCUT2D eigenvalue weighted by Crippen LogP contribution is -2.31. The molecule has 3 aromatic rings. The molecule has 0 aromatic carbocycles. The number of carbonyl (C=O) groups is 1. The minimum atomic E-state index is -0.287. The van der Waals surface area contributed by atoms with Crippen LogP contribution in [0.4, 0.5) is 10.5 Å². The van der Waals surface area contributed by atoms with Gasteiger partial charge in [-0.25, -0.2) is 19.4 Å². The molecular formula is C16H20N6OS. The molecule has 0 bridgehead atoms. The number of carbonyl (C=O) groups excluding carboxylic acids is 1. The van der Waals surface area contributed by atoms with Crippen molar-refractivity contribution in [3.63, 3.8) is 0 Å². The van der Waals surface area contributed by atoms with Crippen LogP contribution in [0.3, 0.4) is 0 Å². The normalized spacial score (nSPS) is 12.5. The largest absolute Gasteiger partial charge is 0.330 e. The highest BCUT2D eigenvalue weighted by atomic mass is 32.1. The molecule has 0 fully saturated rings. The van der Waals surface area contributed by atoms with Crippen molar-refractivity contribution in [3.8, 4) is 0 Å². The predicted molar refractivity (Wildman–Crippen MR) is 95.3 cm³/mol. The Morgan fingerprint density at radius 2 is 2.08 bits per heavy atom. The van der Waals surface area contributed by atoms with E-state index in [9.17, 15) is 4.79 Å². The van der Waals surface area contributed by atoms with E-state index >= 15 is 0 Å². The van der Waals surface area contributed by atoms with E-state index in [4.69, 9.17) is 0 Å². The number of amides is 2. The van der Waals surface area contributed by atoms with E-state index in [-0.39, 0.29) is 18.1 Å². The van der Waals surface area contributed by atoms with Crippen molar-refractivity contribution in [1.29, 1.82) is 0 Å². The molecule has 126 valence electrons. The molecule has 0 saturated carbocycles. The van der Waals surface area contributed by atoms with E-state index < -0.39 is 0 Å². The van der Waals surface area contributed by atoms with E-state index in [0.29, 0.717) is 5.69 Å². The third-order valence-electron chi connectivity index (χ3n) is 3.61. The number of anilines is 1. The Balaban J connectivity index is 1.69. The average Bonchev–Trinajstić information content (AvgIpc) is 3.12. The monoisotopic (exact) mass is 344 g/mol. The summed E-state index contributed by atoms with van der Waals surface area (Å²) in [4.78, 5) is 20.9. The lowest BCUT2D eigenvalue weighted by atomic mass is 10.2. The van der Waals surface area contributed by atoms with Crippen LogP contribution in [0.15, 0.2) is 23.8 Å². The zero-order chi connectivity index (χ0) is 17.3. The van der Waals surface area contributed by atoms with Crippen molar-refractivity contribution in [3.05, 3.63) is 34.5 Å². The van der Waals surface area contributed by atoms with Crippen LogP contribution in [0.25, 0.3) is 11.0 Å². The van der Waals surface area contributed by atoms with Gasteiger partial charge < -0.3 is 10.6 Å². The molecule has 0 aliphatic rings. The Bertz CT molecular complexity index is 868. The molecule has 2 N–H and O–H groups in total. The van der Waals surface area contributed by atoms with Gasteiger partial charge in [0.25, 0.3) is 0 Å². The number of hydrogen-bond acceptors (Lipinski definition) is 5. The third-order valence-corrected chi connectivity index (χ3v) is 4.40. The number of nitrogens with one attached hydrogen (secondary N) is 2. The summed E-state index contributed by atoms with van der Waals surface area (Å²) < 4.78 is 1.85. The fourth-order valence-electron chi connectivity index (χ4n) is 2.40. The lowest BCUT2D eigenvalue weighted by Gasteiger charge is -2.13. The molecule has 2 amide bonds. The Kier molecular flexibility index (Phi) is 4.48. The van der Waals surface area contributed by atoms with E-state index in [1.807, 2.05) is 30.0 Å². The van der Waals surface area contributed by atoms with Gasteiger partial charge in [0.1, 0.15) is 0 Å². The first-order chi connectivity index (χ1) is 11.4. The van der Waals surface area contributed by atoms with Crippen LogP contribution in [-0.4, -0.2) is 25.8 Å². The zero-order valence-electron chi connectivity index (χ0n) is 14.1. The van der Waals surface area contributed by atoms with Gasteiger partial charge in [-0.1, -0.05) is 0 Å². The summed E-state index contributed by atoms with van der Waals surface area (Å²) in [7, 11) is 0. The summed E-state index contributed by atoms with van der Waals surface area (Å²) in [6.45, 7) is 7.95. The van der Waals surface area contributed by atoms with Crippen LogP contribution < -0.4 is 10.6 Å².